The third-order valence-electron chi connectivity index (χ3n) is 9.93. The molecule has 1 aliphatic heterocycles. The first-order chi connectivity index (χ1) is 19.3. The van der Waals surface area contributed by atoms with Crippen molar-refractivity contribution in [2.75, 3.05) is 11.3 Å². The summed E-state index contributed by atoms with van der Waals surface area (Å²) >= 11 is 0. The van der Waals surface area contributed by atoms with E-state index in [-0.39, 0.29) is 17.4 Å². The Balaban J connectivity index is 1.30. The predicted octanol–water partition coefficient (Wildman–Crippen LogP) is 7.58. The van der Waals surface area contributed by atoms with Gasteiger partial charge in [-0.05, 0) is 99.7 Å². The average molecular weight is 561 g/mol. The number of allylic oxidation sites excluding steroid dienone is 1. The van der Waals surface area contributed by atoms with Crippen molar-refractivity contribution in [1.29, 1.82) is 0 Å². The number of nitrogens with one attached hydrogen (secondary N) is 2. The van der Waals surface area contributed by atoms with E-state index in [2.05, 4.69) is 47.3 Å². The minimum Gasteiger partial charge on any atom is -0.459 e. The summed E-state index contributed by atoms with van der Waals surface area (Å²) in [6.45, 7) is 6.59. The molecule has 2 unspecified atom stereocenters. The highest BCUT2D eigenvalue weighted by molar-refractivity contribution is 7.93. The number of ether oxygens (including phenoxy) is 1. The molecule has 40 heavy (non-hydrogen) atoms. The molecule has 2 aromatic carbocycles. The van der Waals surface area contributed by atoms with Crippen LogP contribution in [0.25, 0.3) is 0 Å². The lowest BCUT2D eigenvalue weighted by Crippen LogP contribution is -2.55. The maximum absolute atomic E-state index is 12.6. The molecule has 6 rings (SSSR count). The molecule has 0 aromatic heterocycles. The Morgan fingerprint density at radius 3 is 2.40 bits per heavy atom. The lowest BCUT2D eigenvalue weighted by atomic mass is 9.57. The zero-order valence-electron chi connectivity index (χ0n) is 24.2. The summed E-state index contributed by atoms with van der Waals surface area (Å²) in [5.41, 5.74) is 6.52. The van der Waals surface area contributed by atoms with Gasteiger partial charge in [-0.15, -0.1) is 0 Å². The number of anilines is 1. The van der Waals surface area contributed by atoms with Crippen LogP contribution in [0.15, 0.2) is 71.5 Å². The summed E-state index contributed by atoms with van der Waals surface area (Å²) < 4.78 is 34.5. The number of para-hydroxylation sites is 2. The fourth-order valence-electron chi connectivity index (χ4n) is 7.31. The first kappa shape index (κ1) is 27.6. The third-order valence-corrected chi connectivity index (χ3v) is 11.7. The van der Waals surface area contributed by atoms with Gasteiger partial charge < -0.3 is 10.1 Å². The Morgan fingerprint density at radius 1 is 1.00 bits per heavy atom. The number of hydrogen-bond acceptors (Lipinski definition) is 4. The fraction of sp³-hybridized carbons (Fsp3) is 0.529. The van der Waals surface area contributed by atoms with Crippen LogP contribution in [-0.4, -0.2) is 26.3 Å². The highest BCUT2D eigenvalue weighted by Crippen LogP contribution is 2.51. The molecule has 1 heterocycles. The minimum atomic E-state index is -3.48. The van der Waals surface area contributed by atoms with E-state index in [1.165, 1.54) is 61.6 Å². The largest absolute Gasteiger partial charge is 0.459 e. The smallest absolute Gasteiger partial charge is 0.235 e. The van der Waals surface area contributed by atoms with Gasteiger partial charge in [0, 0.05) is 17.4 Å². The van der Waals surface area contributed by atoms with E-state index in [0.29, 0.717) is 11.4 Å². The number of hydrogen-bond donors (Lipinski definition) is 2. The molecule has 0 radical (unpaired) electrons. The normalized spacial score (nSPS) is 24.9. The average Bonchev–Trinajstić information content (AvgIpc) is 3.45. The summed E-state index contributed by atoms with van der Waals surface area (Å²) in [5, 5.41) is 3.41. The maximum Gasteiger partial charge on any atom is 0.235 e. The second-order valence-corrected chi connectivity index (χ2v) is 15.0. The van der Waals surface area contributed by atoms with Crippen molar-refractivity contribution < 1.29 is 13.2 Å². The van der Waals surface area contributed by atoms with Gasteiger partial charge in [-0.1, -0.05) is 68.2 Å². The van der Waals surface area contributed by atoms with Gasteiger partial charge in [0.05, 0.1) is 10.9 Å². The quantitative estimate of drug-likeness (QED) is 0.349. The van der Waals surface area contributed by atoms with Crippen molar-refractivity contribution in [3.8, 4) is 5.75 Å². The van der Waals surface area contributed by atoms with Crippen molar-refractivity contribution in [1.82, 2.24) is 5.32 Å². The molecule has 2 N–H and O–H groups in total. The van der Waals surface area contributed by atoms with Crippen LogP contribution in [-0.2, 0) is 15.4 Å². The molecule has 4 aliphatic rings. The molecule has 2 aromatic rings. The van der Waals surface area contributed by atoms with Gasteiger partial charge in [0.25, 0.3) is 0 Å². The van der Waals surface area contributed by atoms with Crippen LogP contribution < -0.4 is 14.8 Å². The molecule has 0 spiro atoms. The van der Waals surface area contributed by atoms with Gasteiger partial charge in [0.15, 0.2) is 5.75 Å². The van der Waals surface area contributed by atoms with Gasteiger partial charge >= 0.3 is 0 Å². The van der Waals surface area contributed by atoms with E-state index >= 15 is 0 Å². The number of benzene rings is 2. The minimum absolute atomic E-state index is 0.113. The van der Waals surface area contributed by atoms with Crippen LogP contribution >= 0.6 is 0 Å². The monoisotopic (exact) mass is 560 g/mol. The first-order valence-corrected chi connectivity index (χ1v) is 16.9. The Hall–Kier alpha value is -2.57. The molecule has 214 valence electrons. The molecule has 2 fully saturated rings. The van der Waals surface area contributed by atoms with Gasteiger partial charge in [-0.2, -0.15) is 0 Å². The van der Waals surface area contributed by atoms with Crippen molar-refractivity contribution in [2.45, 2.75) is 101 Å². The molecule has 6 heteroatoms. The molecule has 2 atom stereocenters. The first-order valence-electron chi connectivity index (χ1n) is 15.3. The maximum atomic E-state index is 12.6. The van der Waals surface area contributed by atoms with Gasteiger partial charge in [0.2, 0.25) is 10.0 Å². The third kappa shape index (κ3) is 5.14. The molecule has 0 bridgehead atoms. The van der Waals surface area contributed by atoms with E-state index in [1.54, 1.807) is 25.5 Å². The Bertz CT molecular complexity index is 1400. The van der Waals surface area contributed by atoms with Crippen LogP contribution in [0, 0.1) is 5.92 Å². The Morgan fingerprint density at radius 2 is 1.73 bits per heavy atom. The summed E-state index contributed by atoms with van der Waals surface area (Å²) in [6, 6.07) is 17.3. The van der Waals surface area contributed by atoms with Crippen LogP contribution in [0.1, 0.15) is 95.6 Å². The molecular weight excluding hydrogens is 516 g/mol. The van der Waals surface area contributed by atoms with Crippen LogP contribution in [0.2, 0.25) is 0 Å². The fourth-order valence-corrected chi connectivity index (χ4v) is 8.02. The van der Waals surface area contributed by atoms with Gasteiger partial charge in [-0.3, -0.25) is 4.72 Å². The zero-order valence-corrected chi connectivity index (χ0v) is 25.0. The molecule has 3 aliphatic carbocycles. The number of sulfonamides is 1. The highest BCUT2D eigenvalue weighted by Gasteiger charge is 2.48. The summed E-state index contributed by atoms with van der Waals surface area (Å²) in [5.74, 6) is 2.43. The highest BCUT2D eigenvalue weighted by atomic mass is 32.2. The molecule has 5 nitrogen and oxygen atoms in total. The SMILES string of the molecule is CC1CC2=C(C=C1Oc1ccccc1NS(=O)(=O)C(C)C)C(C1(c3ccc(C4CCCC4)cc3)CCC1)NCC2. The second kappa shape index (κ2) is 11.0. The van der Waals surface area contributed by atoms with Crippen LogP contribution in [0.3, 0.4) is 0 Å². The van der Waals surface area contributed by atoms with E-state index in [4.69, 9.17) is 4.74 Å². The van der Waals surface area contributed by atoms with Crippen molar-refractivity contribution in [3.63, 3.8) is 0 Å². The molecular formula is C34H44N2O3S. The molecule has 0 saturated heterocycles. The summed E-state index contributed by atoms with van der Waals surface area (Å²) in [6.07, 6.45) is 13.4. The van der Waals surface area contributed by atoms with Crippen LogP contribution in [0.4, 0.5) is 5.69 Å². The standard InChI is InChI=1S/C34H44N2O3S/c1-23(2)40(37,38)36-30-11-6-7-12-31(30)39-32-22-29-27(21-24(32)3)17-20-35-33(29)34(18-8-19-34)28-15-13-26(14-16-28)25-9-4-5-10-25/h6-7,11-16,22-25,33,35-36H,4-5,8-10,17-21H2,1-3H3. The predicted molar refractivity (Wildman–Crippen MR) is 163 cm³/mol. The topological polar surface area (TPSA) is 67.4 Å². The van der Waals surface area contributed by atoms with Crippen molar-refractivity contribution in [2.24, 2.45) is 5.92 Å². The van der Waals surface area contributed by atoms with E-state index in [1.807, 2.05) is 18.2 Å². The van der Waals surface area contributed by atoms with Gasteiger partial charge in [0.1, 0.15) is 5.76 Å². The lowest BCUT2D eigenvalue weighted by Gasteiger charge is -2.51. The Labute approximate surface area is 240 Å². The van der Waals surface area contributed by atoms with Crippen molar-refractivity contribution in [3.05, 3.63) is 82.6 Å². The number of rotatable bonds is 8. The molecule has 0 amide bonds. The second-order valence-electron chi connectivity index (χ2n) is 12.8. The molecule has 2 saturated carbocycles. The van der Waals surface area contributed by atoms with E-state index in [0.717, 1.165) is 31.1 Å². The zero-order chi connectivity index (χ0) is 27.9. The lowest BCUT2D eigenvalue weighted by molar-refractivity contribution is 0.183. The van der Waals surface area contributed by atoms with Gasteiger partial charge in [-0.25, -0.2) is 8.42 Å². The van der Waals surface area contributed by atoms with Crippen molar-refractivity contribution >= 4 is 15.7 Å². The summed E-state index contributed by atoms with van der Waals surface area (Å²) in [4.78, 5) is 0. The Kier molecular flexibility index (Phi) is 7.60. The van der Waals surface area contributed by atoms with Crippen LogP contribution in [0.5, 0.6) is 5.75 Å². The van der Waals surface area contributed by atoms with E-state index < -0.39 is 15.3 Å². The summed E-state index contributed by atoms with van der Waals surface area (Å²) in [7, 11) is -3.48. The van der Waals surface area contributed by atoms with E-state index in [9.17, 15) is 8.42 Å².